The molecule has 1 aromatic carbocycles. The number of hydrogen-bond donors (Lipinski definition) is 1. The molecule has 10 heteroatoms. The fourth-order valence-corrected chi connectivity index (χ4v) is 3.20. The SMILES string of the molecule is COC(=O)c1sc(NC(=O)c2nc(C)n(-c3ccc(Cl)cc3)n2)nc1C. The van der Waals surface area contributed by atoms with E-state index in [1.54, 1.807) is 38.1 Å². The van der Waals surface area contributed by atoms with Crippen LogP contribution in [0.1, 0.15) is 31.8 Å². The highest BCUT2D eigenvalue weighted by Gasteiger charge is 2.20. The summed E-state index contributed by atoms with van der Waals surface area (Å²) in [5.41, 5.74) is 1.21. The lowest BCUT2D eigenvalue weighted by atomic mass is 10.3. The van der Waals surface area contributed by atoms with Gasteiger partial charge >= 0.3 is 5.97 Å². The number of carbonyl (C=O) groups excluding carboxylic acids is 2. The maximum absolute atomic E-state index is 12.4. The number of rotatable bonds is 4. The molecular weight excluding hydrogens is 378 g/mol. The molecular formula is C16H14ClN5O3S. The van der Waals surface area contributed by atoms with Crippen molar-refractivity contribution >= 4 is 39.9 Å². The maximum Gasteiger partial charge on any atom is 0.350 e. The Bertz CT molecular complexity index is 980. The van der Waals surface area contributed by atoms with Crippen molar-refractivity contribution in [2.45, 2.75) is 13.8 Å². The molecule has 0 atom stereocenters. The van der Waals surface area contributed by atoms with Crippen LogP contribution >= 0.6 is 22.9 Å². The smallest absolute Gasteiger partial charge is 0.350 e. The van der Waals surface area contributed by atoms with Gasteiger partial charge in [0.25, 0.3) is 5.91 Å². The molecule has 0 aliphatic carbocycles. The van der Waals surface area contributed by atoms with Crippen molar-refractivity contribution in [3.05, 3.63) is 51.5 Å². The van der Waals surface area contributed by atoms with Gasteiger partial charge in [-0.2, -0.15) is 0 Å². The summed E-state index contributed by atoms with van der Waals surface area (Å²) in [4.78, 5) is 32.7. The predicted octanol–water partition coefficient (Wildman–Crippen LogP) is 3.03. The lowest BCUT2D eigenvalue weighted by Gasteiger charge is -2.02. The van der Waals surface area contributed by atoms with Gasteiger partial charge in [-0.1, -0.05) is 22.9 Å². The van der Waals surface area contributed by atoms with Crippen LogP contribution in [0.15, 0.2) is 24.3 Å². The zero-order valence-electron chi connectivity index (χ0n) is 14.1. The highest BCUT2D eigenvalue weighted by Crippen LogP contribution is 2.23. The Hall–Kier alpha value is -2.78. The van der Waals surface area contributed by atoms with E-state index in [4.69, 9.17) is 11.6 Å². The molecule has 2 heterocycles. The number of benzene rings is 1. The second-order valence-corrected chi connectivity index (χ2v) is 6.69. The van der Waals surface area contributed by atoms with Crippen LogP contribution < -0.4 is 5.32 Å². The standard InChI is InChI=1S/C16H14ClN5O3S/c1-8-12(15(24)25-3)26-16(18-8)20-14(23)13-19-9(2)22(21-13)11-6-4-10(17)5-7-11/h4-7H,1-3H3,(H,18,20,23). The summed E-state index contributed by atoms with van der Waals surface area (Å²) in [6.45, 7) is 3.40. The molecule has 0 spiro atoms. The Morgan fingerprint density at radius 1 is 1.19 bits per heavy atom. The minimum atomic E-state index is -0.522. The second-order valence-electron chi connectivity index (χ2n) is 5.25. The van der Waals surface area contributed by atoms with Gasteiger partial charge in [0.05, 0.1) is 18.5 Å². The molecule has 0 fully saturated rings. The third kappa shape index (κ3) is 3.58. The van der Waals surface area contributed by atoms with E-state index in [9.17, 15) is 9.59 Å². The van der Waals surface area contributed by atoms with E-state index in [2.05, 4.69) is 25.1 Å². The molecule has 26 heavy (non-hydrogen) atoms. The fourth-order valence-electron chi connectivity index (χ4n) is 2.20. The number of amides is 1. The van der Waals surface area contributed by atoms with E-state index < -0.39 is 11.9 Å². The largest absolute Gasteiger partial charge is 0.465 e. The van der Waals surface area contributed by atoms with Gasteiger partial charge in [-0.3, -0.25) is 10.1 Å². The highest BCUT2D eigenvalue weighted by molar-refractivity contribution is 7.17. The number of aryl methyl sites for hydroxylation is 2. The summed E-state index contributed by atoms with van der Waals surface area (Å²) >= 11 is 6.91. The number of nitrogens with zero attached hydrogens (tertiary/aromatic N) is 4. The van der Waals surface area contributed by atoms with E-state index in [0.717, 1.165) is 17.0 Å². The van der Waals surface area contributed by atoms with Crippen molar-refractivity contribution in [2.75, 3.05) is 12.4 Å². The van der Waals surface area contributed by atoms with Crippen molar-refractivity contribution < 1.29 is 14.3 Å². The Morgan fingerprint density at radius 2 is 1.88 bits per heavy atom. The quantitative estimate of drug-likeness (QED) is 0.686. The summed E-state index contributed by atoms with van der Waals surface area (Å²) in [6, 6.07) is 7.01. The molecule has 134 valence electrons. The molecule has 3 rings (SSSR count). The first-order valence-corrected chi connectivity index (χ1v) is 8.65. The molecule has 0 unspecified atom stereocenters. The Labute approximate surface area is 157 Å². The van der Waals surface area contributed by atoms with Crippen LogP contribution in [0.5, 0.6) is 0 Å². The Kier molecular flexibility index (Phi) is 5.01. The molecule has 0 radical (unpaired) electrons. The van der Waals surface area contributed by atoms with Crippen LogP contribution in [0.25, 0.3) is 5.69 Å². The number of carbonyl (C=O) groups is 2. The van der Waals surface area contributed by atoms with Gasteiger partial charge in [-0.25, -0.2) is 19.4 Å². The molecule has 0 saturated heterocycles. The molecule has 1 N–H and O–H groups in total. The number of halogens is 1. The van der Waals surface area contributed by atoms with Gasteiger partial charge in [0.15, 0.2) is 5.13 Å². The molecule has 0 aliphatic rings. The Morgan fingerprint density at radius 3 is 2.54 bits per heavy atom. The van der Waals surface area contributed by atoms with Gasteiger partial charge in [-0.15, -0.1) is 5.10 Å². The Balaban J connectivity index is 1.82. The maximum atomic E-state index is 12.4. The van der Waals surface area contributed by atoms with E-state index in [1.165, 1.54) is 11.8 Å². The number of nitrogens with one attached hydrogen (secondary N) is 1. The lowest BCUT2D eigenvalue weighted by molar-refractivity contribution is 0.0605. The molecule has 0 aliphatic heterocycles. The fraction of sp³-hybridized carbons (Fsp3) is 0.188. The van der Waals surface area contributed by atoms with Gasteiger partial charge < -0.3 is 4.74 Å². The number of methoxy groups -OCH3 is 1. The van der Waals surface area contributed by atoms with Crippen LogP contribution in [-0.2, 0) is 4.74 Å². The number of hydrogen-bond acceptors (Lipinski definition) is 7. The number of ether oxygens (including phenoxy) is 1. The minimum Gasteiger partial charge on any atom is -0.465 e. The average Bonchev–Trinajstić information content (AvgIpc) is 3.18. The molecule has 3 aromatic rings. The number of aromatic nitrogens is 4. The van der Waals surface area contributed by atoms with Gasteiger partial charge in [-0.05, 0) is 38.1 Å². The summed E-state index contributed by atoms with van der Waals surface area (Å²) in [5.74, 6) is -0.486. The molecule has 0 saturated carbocycles. The lowest BCUT2D eigenvalue weighted by Crippen LogP contribution is -2.14. The van der Waals surface area contributed by atoms with Gasteiger partial charge in [0, 0.05) is 5.02 Å². The normalized spacial score (nSPS) is 10.6. The van der Waals surface area contributed by atoms with Crippen molar-refractivity contribution in [1.29, 1.82) is 0 Å². The van der Waals surface area contributed by atoms with Crippen LogP contribution in [-0.4, -0.2) is 38.7 Å². The number of esters is 1. The summed E-state index contributed by atoms with van der Waals surface area (Å²) < 4.78 is 6.22. The first-order chi connectivity index (χ1) is 12.4. The summed E-state index contributed by atoms with van der Waals surface area (Å²) in [5, 5.41) is 7.70. The van der Waals surface area contributed by atoms with Crippen molar-refractivity contribution in [1.82, 2.24) is 19.7 Å². The molecule has 8 nitrogen and oxygen atoms in total. The minimum absolute atomic E-state index is 0.00933. The third-order valence-electron chi connectivity index (χ3n) is 3.43. The van der Waals surface area contributed by atoms with Crippen molar-refractivity contribution in [3.8, 4) is 5.69 Å². The van der Waals surface area contributed by atoms with Crippen LogP contribution in [0.4, 0.5) is 5.13 Å². The van der Waals surface area contributed by atoms with Crippen molar-refractivity contribution in [3.63, 3.8) is 0 Å². The van der Waals surface area contributed by atoms with Crippen LogP contribution in [0.3, 0.4) is 0 Å². The monoisotopic (exact) mass is 391 g/mol. The first kappa shape index (κ1) is 18.0. The zero-order chi connectivity index (χ0) is 18.8. The zero-order valence-corrected chi connectivity index (χ0v) is 15.7. The predicted molar refractivity (Wildman–Crippen MR) is 97.2 cm³/mol. The number of thiazole rings is 1. The van der Waals surface area contributed by atoms with E-state index in [0.29, 0.717) is 21.4 Å². The topological polar surface area (TPSA) is 99.0 Å². The van der Waals surface area contributed by atoms with E-state index in [1.807, 2.05) is 0 Å². The first-order valence-electron chi connectivity index (χ1n) is 7.45. The highest BCUT2D eigenvalue weighted by atomic mass is 35.5. The van der Waals surface area contributed by atoms with E-state index >= 15 is 0 Å². The van der Waals surface area contributed by atoms with Crippen LogP contribution in [0.2, 0.25) is 5.02 Å². The van der Waals surface area contributed by atoms with Crippen LogP contribution in [0, 0.1) is 13.8 Å². The molecule has 0 bridgehead atoms. The van der Waals surface area contributed by atoms with Gasteiger partial charge in [0.1, 0.15) is 10.7 Å². The summed E-state index contributed by atoms with van der Waals surface area (Å²) in [7, 11) is 1.29. The summed E-state index contributed by atoms with van der Waals surface area (Å²) in [6.07, 6.45) is 0. The average molecular weight is 392 g/mol. The molecule has 1 amide bonds. The number of anilines is 1. The van der Waals surface area contributed by atoms with E-state index in [-0.39, 0.29) is 11.0 Å². The second kappa shape index (κ2) is 7.22. The molecule has 2 aromatic heterocycles. The van der Waals surface area contributed by atoms with Gasteiger partial charge in [0.2, 0.25) is 5.82 Å². The van der Waals surface area contributed by atoms with Crippen molar-refractivity contribution in [2.24, 2.45) is 0 Å². The third-order valence-corrected chi connectivity index (χ3v) is 4.74.